The van der Waals surface area contributed by atoms with Crippen molar-refractivity contribution in [3.8, 4) is 5.69 Å². The molecule has 2 heterocycles. The van der Waals surface area contributed by atoms with Crippen LogP contribution >= 0.6 is 0 Å². The second kappa shape index (κ2) is 3.52. The van der Waals surface area contributed by atoms with E-state index in [0.717, 1.165) is 25.0 Å². The number of nitrogens with zero attached hydrogens (tertiary/aromatic N) is 4. The van der Waals surface area contributed by atoms with Gasteiger partial charge in [0.1, 0.15) is 6.33 Å². The Morgan fingerprint density at radius 2 is 2.31 bits per heavy atom. The Hall–Kier alpha value is -2.04. The van der Waals surface area contributed by atoms with Crippen LogP contribution in [0.15, 0.2) is 24.8 Å². The van der Waals surface area contributed by atoms with Crippen molar-refractivity contribution in [3.05, 3.63) is 36.2 Å². The number of hydrogen-bond donors (Lipinski definition) is 0. The molecule has 5 heteroatoms. The molecule has 2 aromatic rings. The van der Waals surface area contributed by atoms with Crippen molar-refractivity contribution in [1.82, 2.24) is 19.7 Å². The number of carbonyl (C=O) groups excluding carboxylic acids is 1. The lowest BCUT2D eigenvalue weighted by Crippen LogP contribution is -2.00. The third kappa shape index (κ3) is 1.50. The minimum atomic E-state index is 0.512. The average molecular weight is 214 g/mol. The molecular formula is C11H10N4O. The summed E-state index contributed by atoms with van der Waals surface area (Å²) >= 11 is 0. The van der Waals surface area contributed by atoms with E-state index in [1.54, 1.807) is 29.5 Å². The summed E-state index contributed by atoms with van der Waals surface area (Å²) in [5.74, 6) is 1.37. The maximum absolute atomic E-state index is 10.9. The molecule has 16 heavy (non-hydrogen) atoms. The summed E-state index contributed by atoms with van der Waals surface area (Å²) in [6.07, 6.45) is 7.98. The molecule has 80 valence electrons. The summed E-state index contributed by atoms with van der Waals surface area (Å²) in [5, 5.41) is 4.36. The summed E-state index contributed by atoms with van der Waals surface area (Å²) < 4.78 is 1.62. The van der Waals surface area contributed by atoms with Crippen molar-refractivity contribution in [1.29, 1.82) is 0 Å². The third-order valence-corrected chi connectivity index (χ3v) is 2.66. The fourth-order valence-corrected chi connectivity index (χ4v) is 1.61. The molecule has 0 bridgehead atoms. The van der Waals surface area contributed by atoms with Gasteiger partial charge in [0.2, 0.25) is 0 Å². The zero-order valence-corrected chi connectivity index (χ0v) is 8.58. The van der Waals surface area contributed by atoms with Gasteiger partial charge in [0, 0.05) is 17.7 Å². The van der Waals surface area contributed by atoms with Gasteiger partial charge < -0.3 is 0 Å². The number of hydrogen-bond acceptors (Lipinski definition) is 4. The predicted molar refractivity (Wildman–Crippen MR) is 56.5 cm³/mol. The molecule has 0 aromatic carbocycles. The van der Waals surface area contributed by atoms with E-state index in [2.05, 4.69) is 15.1 Å². The van der Waals surface area contributed by atoms with E-state index in [-0.39, 0.29) is 0 Å². The Kier molecular flexibility index (Phi) is 2.02. The highest BCUT2D eigenvalue weighted by atomic mass is 16.1. The number of aromatic nitrogens is 4. The Labute approximate surface area is 92.2 Å². The van der Waals surface area contributed by atoms with Crippen LogP contribution in [-0.2, 0) is 0 Å². The van der Waals surface area contributed by atoms with Crippen LogP contribution in [0.4, 0.5) is 0 Å². The van der Waals surface area contributed by atoms with Gasteiger partial charge in [0.25, 0.3) is 0 Å². The number of rotatable bonds is 3. The molecule has 0 aliphatic heterocycles. The standard InChI is InChI=1S/C11H10N4O/c16-6-9-3-4-12-5-10(9)15-7-13-11(14-15)8-1-2-8/h3-8H,1-2H2. The summed E-state index contributed by atoms with van der Waals surface area (Å²) in [5.41, 5.74) is 1.25. The maximum Gasteiger partial charge on any atom is 0.154 e. The molecule has 0 amide bonds. The monoisotopic (exact) mass is 214 g/mol. The maximum atomic E-state index is 10.9. The smallest absolute Gasteiger partial charge is 0.154 e. The van der Waals surface area contributed by atoms with Crippen LogP contribution < -0.4 is 0 Å². The van der Waals surface area contributed by atoms with Crippen LogP contribution in [0.2, 0.25) is 0 Å². The van der Waals surface area contributed by atoms with Gasteiger partial charge in [0.05, 0.1) is 11.9 Å². The van der Waals surface area contributed by atoms with Crippen LogP contribution in [0.5, 0.6) is 0 Å². The van der Waals surface area contributed by atoms with Gasteiger partial charge in [-0.25, -0.2) is 9.67 Å². The fourth-order valence-electron chi connectivity index (χ4n) is 1.61. The van der Waals surface area contributed by atoms with E-state index in [0.29, 0.717) is 17.2 Å². The molecule has 0 radical (unpaired) electrons. The largest absolute Gasteiger partial charge is 0.298 e. The van der Waals surface area contributed by atoms with E-state index in [1.807, 2.05) is 0 Å². The van der Waals surface area contributed by atoms with Gasteiger partial charge in [-0.2, -0.15) is 5.10 Å². The van der Waals surface area contributed by atoms with E-state index in [9.17, 15) is 4.79 Å². The van der Waals surface area contributed by atoms with Gasteiger partial charge >= 0.3 is 0 Å². The van der Waals surface area contributed by atoms with Crippen molar-refractivity contribution in [2.24, 2.45) is 0 Å². The van der Waals surface area contributed by atoms with E-state index in [4.69, 9.17) is 0 Å². The Bertz CT molecular complexity index is 530. The molecule has 2 aromatic heterocycles. The van der Waals surface area contributed by atoms with Crippen molar-refractivity contribution in [2.75, 3.05) is 0 Å². The van der Waals surface area contributed by atoms with Gasteiger partial charge in [-0.15, -0.1) is 0 Å². The SMILES string of the molecule is O=Cc1ccncc1-n1cnc(C2CC2)n1. The highest BCUT2D eigenvalue weighted by molar-refractivity contribution is 5.80. The zero-order chi connectivity index (χ0) is 11.0. The van der Waals surface area contributed by atoms with Crippen LogP contribution in [0.3, 0.4) is 0 Å². The van der Waals surface area contributed by atoms with Gasteiger partial charge in [-0.3, -0.25) is 9.78 Å². The van der Waals surface area contributed by atoms with E-state index >= 15 is 0 Å². The predicted octanol–water partition coefficient (Wildman–Crippen LogP) is 1.35. The van der Waals surface area contributed by atoms with Crippen LogP contribution in [0.25, 0.3) is 5.69 Å². The first-order valence-electron chi connectivity index (χ1n) is 5.19. The van der Waals surface area contributed by atoms with Crippen LogP contribution in [0, 0.1) is 0 Å². The quantitative estimate of drug-likeness (QED) is 0.723. The Balaban J connectivity index is 2.03. The summed E-state index contributed by atoms with van der Waals surface area (Å²) in [4.78, 5) is 19.1. The zero-order valence-electron chi connectivity index (χ0n) is 8.58. The molecule has 1 saturated carbocycles. The Morgan fingerprint density at radius 3 is 3.06 bits per heavy atom. The molecule has 0 saturated heterocycles. The number of carbonyl (C=O) groups is 1. The number of aldehydes is 1. The first kappa shape index (κ1) is 9.21. The third-order valence-electron chi connectivity index (χ3n) is 2.66. The van der Waals surface area contributed by atoms with Gasteiger partial charge in [0.15, 0.2) is 12.1 Å². The minimum absolute atomic E-state index is 0.512. The van der Waals surface area contributed by atoms with Gasteiger partial charge in [-0.1, -0.05) is 0 Å². The first-order valence-corrected chi connectivity index (χ1v) is 5.19. The number of pyridine rings is 1. The van der Waals surface area contributed by atoms with Crippen molar-refractivity contribution < 1.29 is 4.79 Å². The van der Waals surface area contributed by atoms with E-state index < -0.39 is 0 Å². The second-order valence-electron chi connectivity index (χ2n) is 3.87. The molecule has 0 unspecified atom stereocenters. The summed E-state index contributed by atoms with van der Waals surface area (Å²) in [6, 6.07) is 1.67. The Morgan fingerprint density at radius 1 is 1.44 bits per heavy atom. The molecule has 0 spiro atoms. The molecule has 1 fully saturated rings. The second-order valence-corrected chi connectivity index (χ2v) is 3.87. The molecule has 3 rings (SSSR count). The molecule has 1 aliphatic carbocycles. The lowest BCUT2D eigenvalue weighted by molar-refractivity contribution is 0.112. The van der Waals surface area contributed by atoms with Crippen molar-refractivity contribution in [3.63, 3.8) is 0 Å². The molecular weight excluding hydrogens is 204 g/mol. The molecule has 1 aliphatic rings. The minimum Gasteiger partial charge on any atom is -0.298 e. The lowest BCUT2D eigenvalue weighted by Gasteiger charge is -2.01. The first-order chi connectivity index (χ1) is 7.88. The summed E-state index contributed by atoms with van der Waals surface area (Å²) in [6.45, 7) is 0. The van der Waals surface area contributed by atoms with E-state index in [1.165, 1.54) is 0 Å². The molecule has 5 nitrogen and oxygen atoms in total. The van der Waals surface area contributed by atoms with Gasteiger partial charge in [-0.05, 0) is 18.9 Å². The molecule has 0 N–H and O–H groups in total. The van der Waals surface area contributed by atoms with Crippen molar-refractivity contribution in [2.45, 2.75) is 18.8 Å². The summed E-state index contributed by atoms with van der Waals surface area (Å²) in [7, 11) is 0. The van der Waals surface area contributed by atoms with Crippen molar-refractivity contribution >= 4 is 6.29 Å². The fraction of sp³-hybridized carbons (Fsp3) is 0.273. The lowest BCUT2D eigenvalue weighted by atomic mass is 10.2. The highest BCUT2D eigenvalue weighted by Crippen LogP contribution is 2.37. The topological polar surface area (TPSA) is 60.7 Å². The highest BCUT2D eigenvalue weighted by Gasteiger charge is 2.27. The van der Waals surface area contributed by atoms with Crippen LogP contribution in [0.1, 0.15) is 34.9 Å². The van der Waals surface area contributed by atoms with Crippen LogP contribution in [-0.4, -0.2) is 26.0 Å². The average Bonchev–Trinajstić information content (AvgIpc) is 3.07. The normalized spacial score (nSPS) is 15.0. The molecule has 0 atom stereocenters.